The molecule has 0 spiro atoms. The molecule has 1 aromatic rings. The van der Waals surface area contributed by atoms with Crippen molar-refractivity contribution in [2.75, 3.05) is 25.5 Å². The van der Waals surface area contributed by atoms with Crippen LogP contribution in [0.2, 0.25) is 0 Å². The lowest BCUT2D eigenvalue weighted by Gasteiger charge is -2.07. The van der Waals surface area contributed by atoms with E-state index in [2.05, 4.69) is 10.6 Å². The quantitative estimate of drug-likeness (QED) is 0.786. The van der Waals surface area contributed by atoms with Crippen LogP contribution >= 0.6 is 0 Å². The van der Waals surface area contributed by atoms with Gasteiger partial charge in [0.05, 0.1) is 13.7 Å². The van der Waals surface area contributed by atoms with E-state index in [1.807, 2.05) is 18.2 Å². The SMILES string of the molecule is COc1cccc(NC(=O)CNCC2CC2)c1. The van der Waals surface area contributed by atoms with E-state index in [9.17, 15) is 4.79 Å². The number of carbonyl (C=O) groups excluding carboxylic acids is 1. The Balaban J connectivity index is 1.75. The maximum Gasteiger partial charge on any atom is 0.238 e. The lowest BCUT2D eigenvalue weighted by atomic mass is 10.3. The summed E-state index contributed by atoms with van der Waals surface area (Å²) < 4.78 is 5.09. The van der Waals surface area contributed by atoms with E-state index in [0.717, 1.165) is 23.9 Å². The Morgan fingerprint density at radius 1 is 1.47 bits per heavy atom. The molecule has 0 aliphatic heterocycles. The molecule has 0 radical (unpaired) electrons. The minimum Gasteiger partial charge on any atom is -0.497 e. The molecule has 4 nitrogen and oxygen atoms in total. The van der Waals surface area contributed by atoms with Crippen molar-refractivity contribution in [1.29, 1.82) is 0 Å². The van der Waals surface area contributed by atoms with Gasteiger partial charge in [-0.2, -0.15) is 0 Å². The molecule has 92 valence electrons. The molecule has 0 atom stereocenters. The molecule has 0 bridgehead atoms. The predicted molar refractivity (Wildman–Crippen MR) is 67.2 cm³/mol. The monoisotopic (exact) mass is 234 g/mol. The fraction of sp³-hybridized carbons (Fsp3) is 0.462. The van der Waals surface area contributed by atoms with E-state index in [1.165, 1.54) is 12.8 Å². The molecule has 1 aliphatic rings. The lowest BCUT2D eigenvalue weighted by molar-refractivity contribution is -0.115. The summed E-state index contributed by atoms with van der Waals surface area (Å²) in [6.07, 6.45) is 2.59. The second-order valence-corrected chi connectivity index (χ2v) is 4.35. The molecule has 2 rings (SSSR count). The summed E-state index contributed by atoms with van der Waals surface area (Å²) in [7, 11) is 1.61. The maximum atomic E-state index is 11.6. The summed E-state index contributed by atoms with van der Waals surface area (Å²) in [5, 5.41) is 5.98. The van der Waals surface area contributed by atoms with Crippen LogP contribution in [0.3, 0.4) is 0 Å². The molecular weight excluding hydrogens is 216 g/mol. The molecule has 1 aliphatic carbocycles. The molecule has 2 N–H and O–H groups in total. The number of rotatable bonds is 6. The minimum absolute atomic E-state index is 0.0149. The first-order valence-corrected chi connectivity index (χ1v) is 5.92. The number of benzene rings is 1. The van der Waals surface area contributed by atoms with Crippen molar-refractivity contribution in [3.05, 3.63) is 24.3 Å². The minimum atomic E-state index is -0.0149. The van der Waals surface area contributed by atoms with Crippen LogP contribution in [-0.2, 0) is 4.79 Å². The third kappa shape index (κ3) is 4.07. The number of hydrogen-bond donors (Lipinski definition) is 2. The lowest BCUT2D eigenvalue weighted by Crippen LogP contribution is -2.29. The average molecular weight is 234 g/mol. The highest BCUT2D eigenvalue weighted by atomic mass is 16.5. The van der Waals surface area contributed by atoms with E-state index in [1.54, 1.807) is 13.2 Å². The molecule has 1 saturated carbocycles. The van der Waals surface area contributed by atoms with E-state index in [4.69, 9.17) is 4.74 Å². The Morgan fingerprint density at radius 3 is 3.00 bits per heavy atom. The van der Waals surface area contributed by atoms with Crippen LogP contribution in [0.25, 0.3) is 0 Å². The van der Waals surface area contributed by atoms with Gasteiger partial charge in [-0.3, -0.25) is 4.79 Å². The molecule has 17 heavy (non-hydrogen) atoms. The number of amides is 1. The number of carbonyl (C=O) groups is 1. The van der Waals surface area contributed by atoms with Crippen LogP contribution in [0.15, 0.2) is 24.3 Å². The highest BCUT2D eigenvalue weighted by molar-refractivity contribution is 5.92. The van der Waals surface area contributed by atoms with Gasteiger partial charge in [0.2, 0.25) is 5.91 Å². The molecule has 0 saturated heterocycles. The van der Waals surface area contributed by atoms with Crippen molar-refractivity contribution < 1.29 is 9.53 Å². The van der Waals surface area contributed by atoms with E-state index >= 15 is 0 Å². The van der Waals surface area contributed by atoms with Crippen LogP contribution in [0, 0.1) is 5.92 Å². The van der Waals surface area contributed by atoms with Crippen LogP contribution in [-0.4, -0.2) is 26.1 Å². The molecule has 1 fully saturated rings. The van der Waals surface area contributed by atoms with Crippen molar-refractivity contribution in [1.82, 2.24) is 5.32 Å². The molecule has 0 aromatic heterocycles. The zero-order valence-corrected chi connectivity index (χ0v) is 10.0. The highest BCUT2D eigenvalue weighted by Gasteiger charge is 2.20. The van der Waals surface area contributed by atoms with Crippen LogP contribution in [0.1, 0.15) is 12.8 Å². The van der Waals surface area contributed by atoms with Gasteiger partial charge in [-0.25, -0.2) is 0 Å². The van der Waals surface area contributed by atoms with Crippen LogP contribution in [0.5, 0.6) is 5.75 Å². The molecule has 1 amide bonds. The normalized spacial score (nSPS) is 14.4. The average Bonchev–Trinajstić information content (AvgIpc) is 3.13. The number of hydrogen-bond acceptors (Lipinski definition) is 3. The van der Waals surface area contributed by atoms with Gasteiger partial charge in [0, 0.05) is 11.8 Å². The molecule has 0 unspecified atom stereocenters. The highest BCUT2D eigenvalue weighted by Crippen LogP contribution is 2.27. The van der Waals surface area contributed by atoms with Gasteiger partial charge in [0.1, 0.15) is 5.75 Å². The third-order valence-electron chi connectivity index (χ3n) is 2.77. The summed E-state index contributed by atoms with van der Waals surface area (Å²) in [4.78, 5) is 11.6. The van der Waals surface area contributed by atoms with Gasteiger partial charge < -0.3 is 15.4 Å². The van der Waals surface area contributed by atoms with Gasteiger partial charge in [-0.1, -0.05) is 6.07 Å². The number of nitrogens with one attached hydrogen (secondary N) is 2. The van der Waals surface area contributed by atoms with E-state index < -0.39 is 0 Å². The standard InChI is InChI=1S/C13H18N2O2/c1-17-12-4-2-3-11(7-12)15-13(16)9-14-8-10-5-6-10/h2-4,7,10,14H,5-6,8-9H2,1H3,(H,15,16). The van der Waals surface area contributed by atoms with Gasteiger partial charge in [-0.05, 0) is 37.4 Å². The molecule has 0 heterocycles. The van der Waals surface area contributed by atoms with Gasteiger partial charge in [0.25, 0.3) is 0 Å². The van der Waals surface area contributed by atoms with Gasteiger partial charge in [-0.15, -0.1) is 0 Å². The van der Waals surface area contributed by atoms with Crippen molar-refractivity contribution in [2.24, 2.45) is 5.92 Å². The summed E-state index contributed by atoms with van der Waals surface area (Å²) in [6, 6.07) is 7.35. The summed E-state index contributed by atoms with van der Waals surface area (Å²) in [5.74, 6) is 1.52. The fourth-order valence-electron chi connectivity index (χ4n) is 1.62. The fourth-order valence-corrected chi connectivity index (χ4v) is 1.62. The number of ether oxygens (including phenoxy) is 1. The Morgan fingerprint density at radius 2 is 2.29 bits per heavy atom. The van der Waals surface area contributed by atoms with Crippen molar-refractivity contribution in [3.8, 4) is 5.75 Å². The topological polar surface area (TPSA) is 50.4 Å². The van der Waals surface area contributed by atoms with E-state index in [-0.39, 0.29) is 5.91 Å². The Labute approximate surface area is 101 Å². The Kier molecular flexibility index (Phi) is 3.98. The van der Waals surface area contributed by atoms with Crippen molar-refractivity contribution in [2.45, 2.75) is 12.8 Å². The molecule has 1 aromatic carbocycles. The van der Waals surface area contributed by atoms with Gasteiger partial charge in [0.15, 0.2) is 0 Å². The largest absolute Gasteiger partial charge is 0.497 e. The second kappa shape index (κ2) is 5.68. The maximum absolute atomic E-state index is 11.6. The third-order valence-corrected chi connectivity index (χ3v) is 2.77. The first kappa shape index (κ1) is 11.9. The zero-order valence-electron chi connectivity index (χ0n) is 10.0. The first-order valence-electron chi connectivity index (χ1n) is 5.92. The Bertz CT molecular complexity index is 389. The van der Waals surface area contributed by atoms with Gasteiger partial charge >= 0.3 is 0 Å². The van der Waals surface area contributed by atoms with Crippen LogP contribution in [0.4, 0.5) is 5.69 Å². The van der Waals surface area contributed by atoms with Crippen molar-refractivity contribution in [3.63, 3.8) is 0 Å². The first-order chi connectivity index (χ1) is 8.28. The number of methoxy groups -OCH3 is 1. The number of anilines is 1. The molecular formula is C13H18N2O2. The second-order valence-electron chi connectivity index (χ2n) is 4.35. The van der Waals surface area contributed by atoms with Crippen molar-refractivity contribution >= 4 is 11.6 Å². The summed E-state index contributed by atoms with van der Waals surface area (Å²) in [5.41, 5.74) is 0.766. The summed E-state index contributed by atoms with van der Waals surface area (Å²) >= 11 is 0. The van der Waals surface area contributed by atoms with E-state index in [0.29, 0.717) is 6.54 Å². The van der Waals surface area contributed by atoms with Crippen LogP contribution < -0.4 is 15.4 Å². The smallest absolute Gasteiger partial charge is 0.238 e. The predicted octanol–water partition coefficient (Wildman–Crippen LogP) is 1.63. The Hall–Kier alpha value is -1.55. The molecule has 4 heteroatoms. The zero-order chi connectivity index (χ0) is 12.1. The summed E-state index contributed by atoms with van der Waals surface area (Å²) in [6.45, 7) is 1.32.